The molecule has 1 atom stereocenters. The van der Waals surface area contributed by atoms with E-state index >= 15 is 0 Å². The van der Waals surface area contributed by atoms with Crippen LogP contribution in [0.1, 0.15) is 37.3 Å². The van der Waals surface area contributed by atoms with E-state index in [1.54, 1.807) is 30.3 Å². The third-order valence-corrected chi connectivity index (χ3v) is 8.27. The first-order valence-electron chi connectivity index (χ1n) is 11.6. The molecule has 0 bridgehead atoms. The standard InChI is InChI=1S/C25H30F4N2O2S/c1-34(32,33)23-4-2-3-22(15-23)30-13-14-31(24(17-30)19-7-11-21(26)12-8-19)16-18-5-9-20(10-6-18)25(27,28)29/h2-4,7-8,11-12,15,18,20,24H,5-6,9-10,13-14,16-17H2,1H3/t18?,20?,24-/m1/s1. The van der Waals surface area contributed by atoms with Gasteiger partial charge in [0, 0.05) is 38.1 Å². The third-order valence-electron chi connectivity index (χ3n) is 7.16. The van der Waals surface area contributed by atoms with Crippen molar-refractivity contribution in [2.75, 3.05) is 37.3 Å². The fourth-order valence-corrected chi connectivity index (χ4v) is 5.85. The van der Waals surface area contributed by atoms with Gasteiger partial charge in [-0.2, -0.15) is 13.2 Å². The van der Waals surface area contributed by atoms with Gasteiger partial charge in [0.2, 0.25) is 0 Å². The van der Waals surface area contributed by atoms with Crippen LogP contribution in [0.3, 0.4) is 0 Å². The highest BCUT2D eigenvalue weighted by atomic mass is 32.2. The van der Waals surface area contributed by atoms with Crippen LogP contribution in [-0.4, -0.2) is 51.9 Å². The maximum atomic E-state index is 13.6. The van der Waals surface area contributed by atoms with Crippen LogP contribution in [0.5, 0.6) is 0 Å². The van der Waals surface area contributed by atoms with Crippen LogP contribution in [0.15, 0.2) is 53.4 Å². The Bertz CT molecular complexity index is 1080. The fraction of sp³-hybridized carbons (Fsp3) is 0.520. The monoisotopic (exact) mass is 498 g/mol. The lowest BCUT2D eigenvalue weighted by Gasteiger charge is -2.45. The fourth-order valence-electron chi connectivity index (χ4n) is 5.19. The summed E-state index contributed by atoms with van der Waals surface area (Å²) >= 11 is 0. The topological polar surface area (TPSA) is 40.6 Å². The van der Waals surface area contributed by atoms with Crippen molar-refractivity contribution < 1.29 is 26.0 Å². The first kappa shape index (κ1) is 25.0. The van der Waals surface area contributed by atoms with E-state index in [9.17, 15) is 26.0 Å². The Balaban J connectivity index is 1.51. The van der Waals surface area contributed by atoms with E-state index < -0.39 is 21.9 Å². The molecule has 0 unspecified atom stereocenters. The Hall–Kier alpha value is -2.13. The summed E-state index contributed by atoms with van der Waals surface area (Å²) in [5, 5.41) is 0. The molecule has 2 fully saturated rings. The zero-order valence-corrected chi connectivity index (χ0v) is 20.0. The molecule has 1 saturated carbocycles. The lowest BCUT2D eigenvalue weighted by molar-refractivity contribution is -0.184. The molecule has 2 aromatic carbocycles. The first-order chi connectivity index (χ1) is 16.0. The van der Waals surface area contributed by atoms with Gasteiger partial charge in [-0.1, -0.05) is 18.2 Å². The summed E-state index contributed by atoms with van der Waals surface area (Å²) in [5.74, 6) is -1.33. The number of anilines is 1. The van der Waals surface area contributed by atoms with Crippen LogP contribution in [0.2, 0.25) is 0 Å². The molecule has 4 nitrogen and oxygen atoms in total. The van der Waals surface area contributed by atoms with Crippen LogP contribution < -0.4 is 4.90 Å². The van der Waals surface area contributed by atoms with Gasteiger partial charge in [-0.3, -0.25) is 4.90 Å². The lowest BCUT2D eigenvalue weighted by Crippen LogP contribution is -2.50. The molecule has 1 saturated heterocycles. The van der Waals surface area contributed by atoms with Crippen molar-refractivity contribution >= 4 is 15.5 Å². The maximum Gasteiger partial charge on any atom is 0.391 e. The molecular weight excluding hydrogens is 468 g/mol. The van der Waals surface area contributed by atoms with Gasteiger partial charge in [0.25, 0.3) is 0 Å². The predicted molar refractivity (Wildman–Crippen MR) is 124 cm³/mol. The minimum absolute atomic E-state index is 0.0726. The highest BCUT2D eigenvalue weighted by molar-refractivity contribution is 7.90. The summed E-state index contributed by atoms with van der Waals surface area (Å²) in [5.41, 5.74) is 1.75. The van der Waals surface area contributed by atoms with E-state index in [-0.39, 0.29) is 35.5 Å². The summed E-state index contributed by atoms with van der Waals surface area (Å²) in [6.45, 7) is 2.63. The van der Waals surface area contributed by atoms with Crippen molar-refractivity contribution in [1.29, 1.82) is 0 Å². The number of rotatable bonds is 5. The van der Waals surface area contributed by atoms with Gasteiger partial charge in [-0.15, -0.1) is 0 Å². The SMILES string of the molecule is CS(=O)(=O)c1cccc(N2CCN(CC3CCC(C(F)(F)F)CC3)[C@@H](c3ccc(F)cc3)C2)c1. The molecular formula is C25H30F4N2O2S. The number of hydrogen-bond acceptors (Lipinski definition) is 4. The Kier molecular flexibility index (Phi) is 7.24. The number of nitrogens with zero attached hydrogens (tertiary/aromatic N) is 2. The summed E-state index contributed by atoms with van der Waals surface area (Å²) in [4.78, 5) is 4.68. The molecule has 9 heteroatoms. The predicted octanol–water partition coefficient (Wildman–Crippen LogP) is 5.46. The van der Waals surface area contributed by atoms with Crippen molar-refractivity contribution in [3.05, 3.63) is 59.9 Å². The van der Waals surface area contributed by atoms with Gasteiger partial charge in [-0.05, 0) is 67.5 Å². The van der Waals surface area contributed by atoms with Crippen LogP contribution in [-0.2, 0) is 9.84 Å². The Morgan fingerprint density at radius 1 is 0.971 bits per heavy atom. The number of alkyl halides is 3. The Morgan fingerprint density at radius 3 is 2.26 bits per heavy atom. The Labute approximate surface area is 198 Å². The van der Waals surface area contributed by atoms with Crippen molar-refractivity contribution in [3.8, 4) is 0 Å². The van der Waals surface area contributed by atoms with Gasteiger partial charge >= 0.3 is 6.18 Å². The molecule has 4 rings (SSSR count). The van der Waals surface area contributed by atoms with Crippen molar-refractivity contribution in [2.45, 2.75) is 42.8 Å². The van der Waals surface area contributed by atoms with E-state index in [0.717, 1.165) is 11.3 Å². The van der Waals surface area contributed by atoms with Gasteiger partial charge in [-0.25, -0.2) is 12.8 Å². The minimum atomic E-state index is -4.12. The average molecular weight is 499 g/mol. The van der Waals surface area contributed by atoms with Crippen molar-refractivity contribution in [1.82, 2.24) is 4.90 Å². The number of hydrogen-bond donors (Lipinski definition) is 0. The molecule has 1 heterocycles. The average Bonchev–Trinajstić information content (AvgIpc) is 2.79. The first-order valence-corrected chi connectivity index (χ1v) is 13.5. The zero-order valence-electron chi connectivity index (χ0n) is 19.1. The van der Waals surface area contributed by atoms with Crippen LogP contribution in [0, 0.1) is 17.7 Å². The molecule has 0 spiro atoms. The quantitative estimate of drug-likeness (QED) is 0.514. The van der Waals surface area contributed by atoms with Crippen LogP contribution >= 0.6 is 0 Å². The van der Waals surface area contributed by atoms with E-state index in [0.29, 0.717) is 39.0 Å². The Morgan fingerprint density at radius 2 is 1.65 bits per heavy atom. The number of sulfone groups is 1. The minimum Gasteiger partial charge on any atom is -0.368 e. The van der Waals surface area contributed by atoms with Crippen LogP contribution in [0.4, 0.5) is 23.2 Å². The summed E-state index contributed by atoms with van der Waals surface area (Å²) in [7, 11) is -3.34. The van der Waals surface area contributed by atoms with Crippen LogP contribution in [0.25, 0.3) is 0 Å². The molecule has 1 aliphatic carbocycles. The van der Waals surface area contributed by atoms with Crippen molar-refractivity contribution in [2.24, 2.45) is 11.8 Å². The highest BCUT2D eigenvalue weighted by Crippen LogP contribution is 2.40. The molecule has 1 aliphatic heterocycles. The molecule has 186 valence electrons. The molecule has 2 aliphatic rings. The normalized spacial score (nSPS) is 24.9. The number of piperazine rings is 1. The molecule has 34 heavy (non-hydrogen) atoms. The molecule has 0 N–H and O–H groups in total. The van der Waals surface area contributed by atoms with E-state index in [1.807, 2.05) is 6.07 Å². The van der Waals surface area contributed by atoms with E-state index in [1.165, 1.54) is 18.4 Å². The highest BCUT2D eigenvalue weighted by Gasteiger charge is 2.42. The van der Waals surface area contributed by atoms with Gasteiger partial charge in [0.05, 0.1) is 16.9 Å². The maximum absolute atomic E-state index is 13.6. The third kappa shape index (κ3) is 5.92. The second-order valence-corrected chi connectivity index (χ2v) is 11.6. The number of halogens is 4. The second-order valence-electron chi connectivity index (χ2n) is 9.54. The summed E-state index contributed by atoms with van der Waals surface area (Å²) in [6.07, 6.45) is -1.48. The zero-order chi connectivity index (χ0) is 24.5. The smallest absolute Gasteiger partial charge is 0.368 e. The van der Waals surface area contributed by atoms with Gasteiger partial charge < -0.3 is 4.90 Å². The van der Waals surface area contributed by atoms with E-state index in [2.05, 4.69) is 9.80 Å². The molecule has 0 amide bonds. The van der Waals surface area contributed by atoms with Gasteiger partial charge in [0.15, 0.2) is 9.84 Å². The van der Waals surface area contributed by atoms with Gasteiger partial charge in [0.1, 0.15) is 5.82 Å². The molecule has 0 radical (unpaired) electrons. The van der Waals surface area contributed by atoms with Crippen molar-refractivity contribution in [3.63, 3.8) is 0 Å². The second kappa shape index (κ2) is 9.85. The summed E-state index contributed by atoms with van der Waals surface area (Å²) < 4.78 is 76.8. The molecule has 0 aromatic heterocycles. The lowest BCUT2D eigenvalue weighted by atomic mass is 9.81. The largest absolute Gasteiger partial charge is 0.391 e. The summed E-state index contributed by atoms with van der Waals surface area (Å²) in [6, 6.07) is 13.1. The molecule has 2 aromatic rings. The van der Waals surface area contributed by atoms with E-state index in [4.69, 9.17) is 0 Å². The number of benzene rings is 2.